The number of rotatable bonds is 6. The molecule has 4 aromatic rings. The van der Waals surface area contributed by atoms with Crippen molar-refractivity contribution < 1.29 is 13.9 Å². The number of aromatic nitrogens is 1. The lowest BCUT2D eigenvalue weighted by Crippen LogP contribution is -2.28. The maximum atomic E-state index is 13.0. The van der Waals surface area contributed by atoms with Crippen LogP contribution in [-0.4, -0.2) is 17.5 Å². The Morgan fingerprint density at radius 3 is 2.45 bits per heavy atom. The van der Waals surface area contributed by atoms with Crippen LogP contribution in [-0.2, 0) is 11.3 Å². The standard InChI is InChI=1S/C24H19FN2O2/c25-19-12-10-17(11-13-19)15-26-24(28)16-29-23-14-22(18-6-2-1-3-7-18)27-21-9-5-4-8-20(21)23/h1-14H,15-16H2,(H,26,28). The number of nitrogens with zero attached hydrogens (tertiary/aromatic N) is 1. The molecular weight excluding hydrogens is 367 g/mol. The van der Waals surface area contributed by atoms with Crippen LogP contribution < -0.4 is 10.1 Å². The molecule has 4 nitrogen and oxygen atoms in total. The van der Waals surface area contributed by atoms with E-state index in [1.54, 1.807) is 12.1 Å². The van der Waals surface area contributed by atoms with Crippen molar-refractivity contribution in [2.45, 2.75) is 6.54 Å². The number of benzene rings is 3. The third-order valence-electron chi connectivity index (χ3n) is 4.51. The van der Waals surface area contributed by atoms with Crippen molar-refractivity contribution in [3.05, 3.63) is 96.3 Å². The predicted octanol–water partition coefficient (Wildman–Crippen LogP) is 4.74. The van der Waals surface area contributed by atoms with E-state index in [9.17, 15) is 9.18 Å². The molecule has 0 atom stereocenters. The smallest absolute Gasteiger partial charge is 0.258 e. The second-order valence-corrected chi connectivity index (χ2v) is 6.58. The first kappa shape index (κ1) is 18.6. The van der Waals surface area contributed by atoms with E-state index in [1.165, 1.54) is 12.1 Å². The second kappa shape index (κ2) is 8.52. The average molecular weight is 386 g/mol. The highest BCUT2D eigenvalue weighted by Crippen LogP contribution is 2.29. The largest absolute Gasteiger partial charge is 0.483 e. The summed E-state index contributed by atoms with van der Waals surface area (Å²) in [5.41, 5.74) is 3.38. The van der Waals surface area contributed by atoms with Gasteiger partial charge in [-0.1, -0.05) is 54.6 Å². The molecule has 1 amide bonds. The summed E-state index contributed by atoms with van der Waals surface area (Å²) in [7, 11) is 0. The van der Waals surface area contributed by atoms with Gasteiger partial charge in [-0.2, -0.15) is 0 Å². The van der Waals surface area contributed by atoms with E-state index in [1.807, 2.05) is 60.7 Å². The van der Waals surface area contributed by atoms with Crippen molar-refractivity contribution in [2.24, 2.45) is 0 Å². The topological polar surface area (TPSA) is 51.2 Å². The van der Waals surface area contributed by atoms with Crippen molar-refractivity contribution in [3.8, 4) is 17.0 Å². The number of fused-ring (bicyclic) bond motifs is 1. The number of pyridine rings is 1. The average Bonchev–Trinajstić information content (AvgIpc) is 2.77. The van der Waals surface area contributed by atoms with E-state index in [-0.39, 0.29) is 18.3 Å². The van der Waals surface area contributed by atoms with Crippen LogP contribution in [0.3, 0.4) is 0 Å². The third-order valence-corrected chi connectivity index (χ3v) is 4.51. The monoisotopic (exact) mass is 386 g/mol. The molecule has 1 heterocycles. The minimum absolute atomic E-state index is 0.122. The summed E-state index contributed by atoms with van der Waals surface area (Å²) < 4.78 is 18.8. The highest BCUT2D eigenvalue weighted by Gasteiger charge is 2.10. The van der Waals surface area contributed by atoms with Crippen molar-refractivity contribution in [2.75, 3.05) is 6.61 Å². The molecule has 0 aliphatic rings. The first-order chi connectivity index (χ1) is 14.2. The molecule has 0 fully saturated rings. The Morgan fingerprint density at radius 2 is 1.66 bits per heavy atom. The quantitative estimate of drug-likeness (QED) is 0.521. The van der Waals surface area contributed by atoms with Crippen molar-refractivity contribution in [3.63, 3.8) is 0 Å². The van der Waals surface area contributed by atoms with E-state index >= 15 is 0 Å². The van der Waals surface area contributed by atoms with Crippen LogP contribution in [0.1, 0.15) is 5.56 Å². The molecule has 0 saturated heterocycles. The SMILES string of the molecule is O=C(COc1cc(-c2ccccc2)nc2ccccc12)NCc1ccc(F)cc1. The van der Waals surface area contributed by atoms with Gasteiger partial charge < -0.3 is 10.1 Å². The summed E-state index contributed by atoms with van der Waals surface area (Å²) >= 11 is 0. The van der Waals surface area contributed by atoms with Gasteiger partial charge >= 0.3 is 0 Å². The molecule has 5 heteroatoms. The molecule has 0 aliphatic heterocycles. The van der Waals surface area contributed by atoms with Crippen LogP contribution >= 0.6 is 0 Å². The number of carbonyl (C=O) groups excluding carboxylic acids is 1. The highest BCUT2D eigenvalue weighted by atomic mass is 19.1. The Balaban J connectivity index is 1.49. The normalized spacial score (nSPS) is 10.7. The zero-order valence-electron chi connectivity index (χ0n) is 15.6. The lowest BCUT2D eigenvalue weighted by molar-refractivity contribution is -0.123. The summed E-state index contributed by atoms with van der Waals surface area (Å²) in [6, 6.07) is 25.4. The van der Waals surface area contributed by atoms with Gasteiger partial charge in [0, 0.05) is 23.6 Å². The Labute approximate surface area is 168 Å². The van der Waals surface area contributed by atoms with Gasteiger partial charge in [0.15, 0.2) is 6.61 Å². The lowest BCUT2D eigenvalue weighted by atomic mass is 10.1. The van der Waals surface area contributed by atoms with Gasteiger partial charge in [-0.25, -0.2) is 9.37 Å². The second-order valence-electron chi connectivity index (χ2n) is 6.58. The van der Waals surface area contributed by atoms with Crippen molar-refractivity contribution >= 4 is 16.8 Å². The first-order valence-electron chi connectivity index (χ1n) is 9.28. The number of hydrogen-bond acceptors (Lipinski definition) is 3. The zero-order valence-corrected chi connectivity index (χ0v) is 15.6. The van der Waals surface area contributed by atoms with Crippen LogP contribution in [0.25, 0.3) is 22.2 Å². The van der Waals surface area contributed by atoms with Gasteiger partial charge in [0.2, 0.25) is 0 Å². The summed E-state index contributed by atoms with van der Waals surface area (Å²) in [5, 5.41) is 3.63. The van der Waals surface area contributed by atoms with Crippen LogP contribution in [0.5, 0.6) is 5.75 Å². The molecule has 4 rings (SSSR count). The number of halogens is 1. The van der Waals surface area contributed by atoms with Crippen LogP contribution in [0, 0.1) is 5.82 Å². The Kier molecular flexibility index (Phi) is 5.47. The Hall–Kier alpha value is -3.73. The molecule has 0 radical (unpaired) electrons. The number of para-hydroxylation sites is 1. The van der Waals surface area contributed by atoms with Gasteiger partial charge in [0.05, 0.1) is 11.2 Å². The van der Waals surface area contributed by atoms with Gasteiger partial charge in [0.1, 0.15) is 11.6 Å². The fourth-order valence-electron chi connectivity index (χ4n) is 3.02. The molecule has 29 heavy (non-hydrogen) atoms. The van der Waals surface area contributed by atoms with E-state index in [2.05, 4.69) is 5.32 Å². The summed E-state index contributed by atoms with van der Waals surface area (Å²) in [6.07, 6.45) is 0. The Morgan fingerprint density at radius 1 is 0.931 bits per heavy atom. The molecule has 1 aromatic heterocycles. The number of hydrogen-bond donors (Lipinski definition) is 1. The van der Waals surface area contributed by atoms with Crippen molar-refractivity contribution in [1.82, 2.24) is 10.3 Å². The molecule has 144 valence electrons. The van der Waals surface area contributed by atoms with Crippen molar-refractivity contribution in [1.29, 1.82) is 0 Å². The van der Waals surface area contributed by atoms with Crippen LogP contribution in [0.4, 0.5) is 4.39 Å². The van der Waals surface area contributed by atoms with Gasteiger partial charge in [0.25, 0.3) is 5.91 Å². The number of ether oxygens (including phenoxy) is 1. The summed E-state index contributed by atoms with van der Waals surface area (Å²) in [5.74, 6) is 0.0464. The van der Waals surface area contributed by atoms with E-state index < -0.39 is 0 Å². The molecule has 3 aromatic carbocycles. The van der Waals surface area contributed by atoms with Crippen LogP contribution in [0.15, 0.2) is 84.9 Å². The lowest BCUT2D eigenvalue weighted by Gasteiger charge is -2.12. The van der Waals surface area contributed by atoms with E-state index in [4.69, 9.17) is 9.72 Å². The molecule has 0 spiro atoms. The fourth-order valence-corrected chi connectivity index (χ4v) is 3.02. The van der Waals surface area contributed by atoms with E-state index in [0.717, 1.165) is 27.7 Å². The number of nitrogens with one attached hydrogen (secondary N) is 1. The molecule has 0 bridgehead atoms. The van der Waals surface area contributed by atoms with Gasteiger partial charge in [-0.3, -0.25) is 4.79 Å². The minimum atomic E-state index is -0.304. The van der Waals surface area contributed by atoms with Gasteiger partial charge in [-0.05, 0) is 29.8 Å². The maximum Gasteiger partial charge on any atom is 0.258 e. The van der Waals surface area contributed by atoms with Crippen LogP contribution in [0.2, 0.25) is 0 Å². The zero-order chi connectivity index (χ0) is 20.1. The Bertz CT molecular complexity index is 1130. The molecule has 0 unspecified atom stereocenters. The first-order valence-corrected chi connectivity index (χ1v) is 9.28. The van der Waals surface area contributed by atoms with E-state index in [0.29, 0.717) is 12.3 Å². The number of carbonyl (C=O) groups is 1. The molecule has 0 aliphatic carbocycles. The molecular formula is C24H19FN2O2. The summed E-state index contributed by atoms with van der Waals surface area (Å²) in [6.45, 7) is 0.193. The maximum absolute atomic E-state index is 13.0. The summed E-state index contributed by atoms with van der Waals surface area (Å²) in [4.78, 5) is 16.9. The minimum Gasteiger partial charge on any atom is -0.483 e. The number of amides is 1. The fraction of sp³-hybridized carbons (Fsp3) is 0.0833. The predicted molar refractivity (Wildman–Crippen MR) is 111 cm³/mol. The third kappa shape index (κ3) is 4.58. The highest BCUT2D eigenvalue weighted by molar-refractivity contribution is 5.88. The molecule has 1 N–H and O–H groups in total. The molecule has 0 saturated carbocycles. The van der Waals surface area contributed by atoms with Gasteiger partial charge in [-0.15, -0.1) is 0 Å².